The molecule has 9 fully saturated rings. The van der Waals surface area contributed by atoms with Gasteiger partial charge in [0, 0.05) is 20.8 Å². The van der Waals surface area contributed by atoms with E-state index in [1.807, 2.05) is 0 Å². The number of carbonyl (C=O) groups is 3. The van der Waals surface area contributed by atoms with Gasteiger partial charge in [-0.3, -0.25) is 14.4 Å². The topological polar surface area (TPSA) is 820 Å². The van der Waals surface area contributed by atoms with Gasteiger partial charge in [-0.15, -0.1) is 0 Å². The predicted octanol–water partition coefficient (Wildman–Crippen LogP) is -20.7. The van der Waals surface area contributed by atoms with Crippen molar-refractivity contribution in [3.8, 4) is 0 Å². The molecule has 0 radical (unpaired) electrons. The Morgan fingerprint density at radius 1 is 0.288 bits per heavy atom. The van der Waals surface area contributed by atoms with Gasteiger partial charge in [0.25, 0.3) is 0 Å². The van der Waals surface area contributed by atoms with Crippen LogP contribution in [0.2, 0.25) is 0 Å². The highest BCUT2D eigenvalue weighted by atomic mass is 16.8. The fraction of sp³-hybridized carbons (Fsp3) is 0.955. The maximum atomic E-state index is 13.6. The Balaban J connectivity index is 1.05. The maximum absolute atomic E-state index is 13.6. The summed E-state index contributed by atoms with van der Waals surface area (Å²) in [6, 6.07) is -5.97. The molecule has 0 spiro atoms. The van der Waals surface area contributed by atoms with Gasteiger partial charge in [-0.25, -0.2) is 0 Å². The normalized spacial score (nSPS) is 48.2. The quantitative estimate of drug-likeness (QED) is 0.0290. The van der Waals surface area contributed by atoms with Crippen LogP contribution in [0, 0.1) is 0 Å². The second kappa shape index (κ2) is 43.2. The predicted molar refractivity (Wildman–Crippen MR) is 364 cm³/mol. The second-order valence-electron chi connectivity index (χ2n) is 30.0. The van der Waals surface area contributed by atoms with Crippen LogP contribution in [-0.4, -0.2) is 521 Å². The number of nitrogens with one attached hydrogen (secondary N) is 3. The number of amides is 3. The Labute approximate surface area is 669 Å². The molecule has 9 aliphatic rings. The molecule has 9 aliphatic heterocycles. The first-order chi connectivity index (χ1) is 55.7. The van der Waals surface area contributed by atoms with Crippen molar-refractivity contribution >= 4 is 17.7 Å². The van der Waals surface area contributed by atoms with E-state index in [-0.39, 0.29) is 0 Å². The lowest BCUT2D eigenvalue weighted by atomic mass is 9.93. The third kappa shape index (κ3) is 21.8. The Bertz CT molecular complexity index is 3090. The maximum Gasteiger partial charge on any atom is 0.217 e. The van der Waals surface area contributed by atoms with E-state index in [9.17, 15) is 157 Å². The van der Waals surface area contributed by atoms with Crippen LogP contribution in [0.25, 0.3) is 0 Å². The van der Waals surface area contributed by atoms with E-state index in [0.29, 0.717) is 0 Å². The van der Waals surface area contributed by atoms with Crippen LogP contribution in [0.15, 0.2) is 0 Å². The van der Waals surface area contributed by atoms with Crippen LogP contribution < -0.4 is 16.0 Å². The van der Waals surface area contributed by atoms with Crippen LogP contribution in [0.1, 0.15) is 34.6 Å². The molecule has 9 rings (SSSR count). The molecule has 3 amide bonds. The number of carbonyl (C=O) groups excluding carboxylic acids is 3. The minimum Gasteiger partial charge on any atom is -0.394 e. The molecule has 9 heterocycles. The molecule has 52 nitrogen and oxygen atoms in total. The summed E-state index contributed by atoms with van der Waals surface area (Å²) in [5.74, 6) is -2.97. The van der Waals surface area contributed by atoms with Gasteiger partial charge in [-0.2, -0.15) is 0 Å². The average molecular weight is 1730 g/mol. The number of aliphatic hydroxyl groups excluding tert-OH is 28. The summed E-state index contributed by atoms with van der Waals surface area (Å²) in [6.07, 6.45) is -95.9. The lowest BCUT2D eigenvalue weighted by molar-refractivity contribution is -0.392. The largest absolute Gasteiger partial charge is 0.394 e. The summed E-state index contributed by atoms with van der Waals surface area (Å²) < 4.78 is 107. The summed E-state index contributed by atoms with van der Waals surface area (Å²) in [5, 5.41) is 316. The van der Waals surface area contributed by atoms with E-state index in [2.05, 4.69) is 16.0 Å². The zero-order valence-electron chi connectivity index (χ0n) is 63.7. The molecule has 9 saturated heterocycles. The average Bonchev–Trinajstić information content (AvgIpc) is 0.653. The molecule has 0 aromatic rings. The van der Waals surface area contributed by atoms with Gasteiger partial charge in [-0.05, 0) is 13.8 Å². The molecule has 0 unspecified atom stereocenters. The van der Waals surface area contributed by atoms with E-state index in [4.69, 9.17) is 85.3 Å². The first kappa shape index (κ1) is 98.4. The first-order valence-electron chi connectivity index (χ1n) is 37.8. The van der Waals surface area contributed by atoms with Gasteiger partial charge in [-0.1, -0.05) is 0 Å². The molecule has 0 aromatic heterocycles. The van der Waals surface area contributed by atoms with E-state index in [1.54, 1.807) is 0 Å². The smallest absolute Gasteiger partial charge is 0.217 e. The van der Waals surface area contributed by atoms with Gasteiger partial charge in [0.1, 0.15) is 232 Å². The van der Waals surface area contributed by atoms with Gasteiger partial charge < -0.3 is 244 Å². The van der Waals surface area contributed by atoms with Gasteiger partial charge in [0.05, 0.1) is 71.7 Å². The highest BCUT2D eigenvalue weighted by Gasteiger charge is 2.62. The van der Waals surface area contributed by atoms with Crippen molar-refractivity contribution in [1.29, 1.82) is 0 Å². The van der Waals surface area contributed by atoms with E-state index >= 15 is 0 Å². The molecule has 118 heavy (non-hydrogen) atoms. The van der Waals surface area contributed by atoms with Crippen molar-refractivity contribution in [3.05, 3.63) is 0 Å². The molecule has 0 aliphatic carbocycles. The van der Waals surface area contributed by atoms with E-state index < -0.39 is 378 Å². The molecule has 0 aromatic carbocycles. The molecule has 52 heteroatoms. The summed E-state index contributed by atoms with van der Waals surface area (Å²) in [4.78, 5) is 39.8. The number of hydrogen-bond donors (Lipinski definition) is 31. The van der Waals surface area contributed by atoms with Gasteiger partial charge in [0.2, 0.25) is 17.7 Å². The zero-order chi connectivity index (χ0) is 87.2. The van der Waals surface area contributed by atoms with Crippen molar-refractivity contribution in [2.75, 3.05) is 59.5 Å². The third-order valence-electron chi connectivity index (χ3n) is 21.6. The first-order valence-corrected chi connectivity index (χ1v) is 37.8. The molecule has 686 valence electrons. The second-order valence-corrected chi connectivity index (χ2v) is 30.0. The number of aliphatic hydroxyl groups is 28. The van der Waals surface area contributed by atoms with Crippen molar-refractivity contribution in [3.63, 3.8) is 0 Å². The molecule has 49 atom stereocenters. The Morgan fingerprint density at radius 3 is 1.11 bits per heavy atom. The minimum absolute atomic E-state index is 0.902. The van der Waals surface area contributed by atoms with Crippen molar-refractivity contribution in [2.45, 2.75) is 335 Å². The minimum atomic E-state index is -2.56. The number of ether oxygens (including phenoxy) is 18. The van der Waals surface area contributed by atoms with Crippen LogP contribution in [-0.2, 0) is 99.6 Å². The van der Waals surface area contributed by atoms with Gasteiger partial charge in [0.15, 0.2) is 56.6 Å². The third-order valence-corrected chi connectivity index (χ3v) is 21.6. The zero-order valence-corrected chi connectivity index (χ0v) is 63.7. The van der Waals surface area contributed by atoms with Crippen molar-refractivity contribution in [1.82, 2.24) is 16.0 Å². The number of hydrogen-bond acceptors (Lipinski definition) is 49. The molecule has 31 N–H and O–H groups in total. The van der Waals surface area contributed by atoms with Crippen molar-refractivity contribution in [2.24, 2.45) is 0 Å². The van der Waals surface area contributed by atoms with Crippen LogP contribution in [0.3, 0.4) is 0 Å². The SMILES string of the molecule is CC(=O)N[C@H]1[C@H](O[C@H]2[C@@H](O)[C@@H](CO)O[C@@H](O[C@H]3[C@H](O[C@@H]4O[C@@H](C)[C@@H](O)[C@@H](O)[C@@H]4O)[C@@H](NC(C)=O)[C@H](OC[C@H]4O[C@@H](O[C@@H]([C@H](O)[C@@H](O)CO)[C@H](O)CO)[C@H](O)[C@@H](O[C@@H]5O[C@H](CO)[C@@H](O)[C@H](O[C@@H]6O[C@H](CO)[C@H](O)[C@H](O)[C@H]6O[C@@H]6O[C@@H](C)[C@@H](O)[C@@H](O)[C@@H]6O)[C@H]5NC(C)=O)[C@H]4O)O[C@@H]3CO)[C@@H]2O)O[C@H](CO)[C@@H](O[C@@H]2O[C@H](CO)[C@H](O)[C@H](O)[C@H]2O)[C@@H]1O. The van der Waals surface area contributed by atoms with Crippen molar-refractivity contribution < 1.29 is 243 Å². The van der Waals surface area contributed by atoms with Crippen LogP contribution in [0.5, 0.6) is 0 Å². The summed E-state index contributed by atoms with van der Waals surface area (Å²) in [6.45, 7) is -5.30. The van der Waals surface area contributed by atoms with E-state index in [0.717, 1.165) is 20.8 Å². The summed E-state index contributed by atoms with van der Waals surface area (Å²) in [5.41, 5.74) is 0. The monoisotopic (exact) mass is 1730 g/mol. The fourth-order valence-electron chi connectivity index (χ4n) is 15.0. The molecular weight excluding hydrogens is 1620 g/mol. The lowest BCUT2D eigenvalue weighted by Crippen LogP contribution is -2.71. The van der Waals surface area contributed by atoms with Crippen LogP contribution in [0.4, 0.5) is 0 Å². The lowest BCUT2D eigenvalue weighted by Gasteiger charge is -2.51. The summed E-state index contributed by atoms with van der Waals surface area (Å²) in [7, 11) is 0. The number of rotatable bonds is 33. The summed E-state index contributed by atoms with van der Waals surface area (Å²) >= 11 is 0. The van der Waals surface area contributed by atoms with Gasteiger partial charge >= 0.3 is 0 Å². The van der Waals surface area contributed by atoms with Crippen LogP contribution >= 0.6 is 0 Å². The highest BCUT2D eigenvalue weighted by molar-refractivity contribution is 5.74. The van der Waals surface area contributed by atoms with E-state index in [1.165, 1.54) is 13.8 Å². The Hall–Kier alpha value is -3.43. The molecule has 0 saturated carbocycles. The molecular formula is C66H113N3O49. The standard InChI is InChI=1S/C66H113N3O49/c1-15-32(83)41(92)45(96)61(102-15)115-54-31(69-19(5)80)58(108-27(13-77)52(54)113-64-48(99)55(38(89)25(11-75)106-64)116-59-29(67-17(3)78)40(91)51(26(12-76)109-59)112-63-47(98)43(94)35(86)22(8-72)105-63)101-14-28-39(90)56(49(100)65(110-28)111-50(21(82)7-71)34(85)20(81)6-70)117-60-30(68-18(4)79)53(37(88)24(10-74)104-60)114-66-57(44(95)36(87)23(9-73)107-66)118-62-46(97)42(93)33(84)16(2)103-62/h15-16,20-66,70-77,81-100H,6-14H2,1-5H3,(H,67,78)(H,68,79)(H,69,80)/t15-,16-,20-,21+,22+,23+,24+,25+,26+,27+,28+,29+,30+,31+,32+,33+,34+,35-,36-,37+,38-,39-,40+,41+,42+,43-,44-,45-,46-,47+,48+,49+,50+,51+,52+,53+,54+,55-,56-,57+,58+,59-,60-,61-,62-,63-,64-,65-,66-/m0/s1. The Morgan fingerprint density at radius 2 is 0.619 bits per heavy atom. The highest BCUT2D eigenvalue weighted by Crippen LogP contribution is 2.41. The fourth-order valence-corrected chi connectivity index (χ4v) is 15.0. The molecule has 0 bridgehead atoms. The Kier molecular flexibility index (Phi) is 36.0.